The van der Waals surface area contributed by atoms with Crippen molar-refractivity contribution in [2.75, 3.05) is 5.32 Å². The first-order valence-corrected chi connectivity index (χ1v) is 6.35. The van der Waals surface area contributed by atoms with Gasteiger partial charge in [0.05, 0.1) is 0 Å². The second kappa shape index (κ2) is 5.31. The summed E-state index contributed by atoms with van der Waals surface area (Å²) < 4.78 is 0.932. The molecule has 2 aromatic rings. The van der Waals surface area contributed by atoms with Gasteiger partial charge in [-0.15, -0.1) is 0 Å². The van der Waals surface area contributed by atoms with Gasteiger partial charge in [-0.1, -0.05) is 22.0 Å². The van der Waals surface area contributed by atoms with Gasteiger partial charge in [-0.05, 0) is 43.2 Å². The van der Waals surface area contributed by atoms with Crippen molar-refractivity contribution in [1.82, 2.24) is 4.98 Å². The van der Waals surface area contributed by atoms with Crippen LogP contribution in [-0.4, -0.2) is 10.9 Å². The number of aryl methyl sites for hydroxylation is 2. The highest BCUT2D eigenvalue weighted by molar-refractivity contribution is 9.10. The van der Waals surface area contributed by atoms with E-state index < -0.39 is 0 Å². The Hall–Kier alpha value is -1.68. The largest absolute Gasteiger partial charge is 0.322 e. The predicted molar refractivity (Wildman–Crippen MR) is 75.8 cm³/mol. The Morgan fingerprint density at radius 1 is 1.22 bits per heavy atom. The maximum atomic E-state index is 12.1. The van der Waals surface area contributed by atoms with Gasteiger partial charge in [-0.25, -0.2) is 0 Å². The summed E-state index contributed by atoms with van der Waals surface area (Å²) in [5, 5.41) is 2.87. The average Bonchev–Trinajstić information content (AvgIpc) is 2.35. The Morgan fingerprint density at radius 2 is 2.00 bits per heavy atom. The normalized spacial score (nSPS) is 10.2. The lowest BCUT2D eigenvalue weighted by Crippen LogP contribution is -2.12. The van der Waals surface area contributed by atoms with Gasteiger partial charge in [0.25, 0.3) is 5.91 Å². The molecule has 2 rings (SSSR count). The van der Waals surface area contributed by atoms with Crippen LogP contribution in [0.1, 0.15) is 21.5 Å². The number of hydrogen-bond acceptors (Lipinski definition) is 2. The van der Waals surface area contributed by atoms with Crippen molar-refractivity contribution in [1.29, 1.82) is 0 Å². The number of anilines is 1. The van der Waals surface area contributed by atoms with Gasteiger partial charge in [0, 0.05) is 28.1 Å². The van der Waals surface area contributed by atoms with E-state index in [9.17, 15) is 4.79 Å². The molecule has 0 aliphatic heterocycles. The number of aromatic nitrogens is 1. The third kappa shape index (κ3) is 2.76. The van der Waals surface area contributed by atoms with Gasteiger partial charge < -0.3 is 5.32 Å². The Balaban J connectivity index is 2.22. The molecule has 1 aromatic carbocycles. The fourth-order valence-corrected chi connectivity index (χ4v) is 1.92. The summed E-state index contributed by atoms with van der Waals surface area (Å²) in [5.74, 6) is -0.120. The molecule has 0 unspecified atom stereocenters. The van der Waals surface area contributed by atoms with E-state index in [-0.39, 0.29) is 5.91 Å². The van der Waals surface area contributed by atoms with Crippen LogP contribution in [0.15, 0.2) is 41.1 Å². The fourth-order valence-electron chi connectivity index (χ4n) is 1.54. The molecule has 0 saturated heterocycles. The van der Waals surface area contributed by atoms with Crippen LogP contribution in [0.4, 0.5) is 5.69 Å². The molecule has 1 aromatic heterocycles. The molecule has 0 radical (unpaired) electrons. The number of carbonyl (C=O) groups excluding carboxylic acids is 1. The number of nitrogens with one attached hydrogen (secondary N) is 1. The first-order valence-electron chi connectivity index (χ1n) is 5.56. The molecule has 92 valence electrons. The quantitative estimate of drug-likeness (QED) is 0.919. The van der Waals surface area contributed by atoms with Gasteiger partial charge in [-0.2, -0.15) is 0 Å². The number of rotatable bonds is 2. The summed E-state index contributed by atoms with van der Waals surface area (Å²) in [6.07, 6.45) is 3.38. The van der Waals surface area contributed by atoms with Crippen LogP contribution >= 0.6 is 15.9 Å². The average molecular weight is 305 g/mol. The first-order chi connectivity index (χ1) is 8.58. The summed E-state index contributed by atoms with van der Waals surface area (Å²) in [4.78, 5) is 16.1. The number of benzene rings is 1. The highest BCUT2D eigenvalue weighted by Crippen LogP contribution is 2.19. The monoisotopic (exact) mass is 304 g/mol. The Kier molecular flexibility index (Phi) is 3.77. The number of pyridine rings is 1. The van der Waals surface area contributed by atoms with Crippen LogP contribution in [0.25, 0.3) is 0 Å². The number of hydrogen-bond donors (Lipinski definition) is 1. The minimum atomic E-state index is -0.120. The first kappa shape index (κ1) is 12.8. The zero-order valence-electron chi connectivity index (χ0n) is 10.2. The molecule has 0 spiro atoms. The highest BCUT2D eigenvalue weighted by Gasteiger charge is 2.08. The van der Waals surface area contributed by atoms with Gasteiger partial charge in [0.1, 0.15) is 0 Å². The number of amides is 1. The second-order valence-corrected chi connectivity index (χ2v) is 4.96. The highest BCUT2D eigenvalue weighted by atomic mass is 79.9. The molecule has 3 nitrogen and oxygen atoms in total. The molecule has 0 saturated carbocycles. The van der Waals surface area contributed by atoms with Crippen molar-refractivity contribution in [3.63, 3.8) is 0 Å². The lowest BCUT2D eigenvalue weighted by Gasteiger charge is -2.08. The third-order valence-corrected chi connectivity index (χ3v) is 3.56. The van der Waals surface area contributed by atoms with Crippen LogP contribution in [-0.2, 0) is 0 Å². The van der Waals surface area contributed by atoms with E-state index in [2.05, 4.69) is 26.2 Å². The predicted octanol–water partition coefficient (Wildman–Crippen LogP) is 3.71. The molecule has 0 fully saturated rings. The Bertz CT molecular complexity index is 596. The van der Waals surface area contributed by atoms with E-state index in [1.54, 1.807) is 18.5 Å². The fraction of sp³-hybridized carbons (Fsp3) is 0.143. The molecule has 1 amide bonds. The molecule has 18 heavy (non-hydrogen) atoms. The number of halogens is 1. The van der Waals surface area contributed by atoms with Crippen molar-refractivity contribution >= 4 is 27.5 Å². The van der Waals surface area contributed by atoms with E-state index >= 15 is 0 Å². The third-order valence-electron chi connectivity index (χ3n) is 2.70. The van der Waals surface area contributed by atoms with Crippen LogP contribution < -0.4 is 5.32 Å². The number of nitrogens with zero attached hydrogens (tertiary/aromatic N) is 1. The van der Waals surface area contributed by atoms with Gasteiger partial charge in [-0.3, -0.25) is 9.78 Å². The maximum Gasteiger partial charge on any atom is 0.255 e. The lowest BCUT2D eigenvalue weighted by molar-refractivity contribution is 0.102. The van der Waals surface area contributed by atoms with Gasteiger partial charge >= 0.3 is 0 Å². The van der Waals surface area contributed by atoms with Crippen molar-refractivity contribution in [2.45, 2.75) is 13.8 Å². The summed E-state index contributed by atoms with van der Waals surface area (Å²) in [5.41, 5.74) is 3.46. The van der Waals surface area contributed by atoms with Crippen molar-refractivity contribution in [3.05, 3.63) is 57.8 Å². The lowest BCUT2D eigenvalue weighted by atomic mass is 10.1. The zero-order valence-corrected chi connectivity index (χ0v) is 11.8. The molecule has 0 aliphatic rings. The number of carbonyl (C=O) groups is 1. The summed E-state index contributed by atoms with van der Waals surface area (Å²) in [6.45, 7) is 3.90. The van der Waals surface area contributed by atoms with E-state index in [0.717, 1.165) is 21.3 Å². The topological polar surface area (TPSA) is 42.0 Å². The van der Waals surface area contributed by atoms with Crippen LogP contribution in [0, 0.1) is 13.8 Å². The van der Waals surface area contributed by atoms with Crippen molar-refractivity contribution in [3.8, 4) is 0 Å². The molecular formula is C14H13BrN2O. The maximum absolute atomic E-state index is 12.1. The summed E-state index contributed by atoms with van der Waals surface area (Å²) in [6, 6.07) is 7.34. The molecule has 0 aliphatic carbocycles. The van der Waals surface area contributed by atoms with E-state index in [1.165, 1.54) is 0 Å². The molecule has 1 heterocycles. The molecular weight excluding hydrogens is 292 g/mol. The molecule has 4 heteroatoms. The minimum absolute atomic E-state index is 0.120. The standard InChI is InChI=1S/C14H13BrN2O/c1-9-3-4-11(7-12(9)15)14(18)17-13-5-6-16-8-10(13)2/h3-8H,1-2H3,(H,16,17,18). The molecule has 0 atom stereocenters. The SMILES string of the molecule is Cc1ccc(C(=O)Nc2ccncc2C)cc1Br. The van der Waals surface area contributed by atoms with E-state index in [1.807, 2.05) is 32.0 Å². The van der Waals surface area contributed by atoms with Gasteiger partial charge in [0.15, 0.2) is 0 Å². The van der Waals surface area contributed by atoms with Crippen LogP contribution in [0.5, 0.6) is 0 Å². The van der Waals surface area contributed by atoms with Crippen molar-refractivity contribution in [2.24, 2.45) is 0 Å². The van der Waals surface area contributed by atoms with Crippen LogP contribution in [0.2, 0.25) is 0 Å². The Labute approximate surface area is 114 Å². The van der Waals surface area contributed by atoms with Crippen molar-refractivity contribution < 1.29 is 4.79 Å². The Morgan fingerprint density at radius 3 is 2.67 bits per heavy atom. The molecule has 0 bridgehead atoms. The zero-order chi connectivity index (χ0) is 13.1. The molecule has 1 N–H and O–H groups in total. The smallest absolute Gasteiger partial charge is 0.255 e. The second-order valence-electron chi connectivity index (χ2n) is 4.11. The minimum Gasteiger partial charge on any atom is -0.322 e. The van der Waals surface area contributed by atoms with Gasteiger partial charge in [0.2, 0.25) is 0 Å². The van der Waals surface area contributed by atoms with E-state index in [0.29, 0.717) is 5.56 Å². The van der Waals surface area contributed by atoms with Crippen LogP contribution in [0.3, 0.4) is 0 Å². The van der Waals surface area contributed by atoms with E-state index in [4.69, 9.17) is 0 Å². The summed E-state index contributed by atoms with van der Waals surface area (Å²) >= 11 is 3.42. The summed E-state index contributed by atoms with van der Waals surface area (Å²) in [7, 11) is 0.